The van der Waals surface area contributed by atoms with Crippen molar-refractivity contribution < 1.29 is 0 Å². The number of benzene rings is 1. The van der Waals surface area contributed by atoms with Gasteiger partial charge in [0.15, 0.2) is 0 Å². The monoisotopic (exact) mass is 238 g/mol. The molecule has 0 saturated heterocycles. The van der Waals surface area contributed by atoms with Crippen LogP contribution < -0.4 is 0 Å². The minimum absolute atomic E-state index is 1.06. The minimum atomic E-state index is 1.06. The van der Waals surface area contributed by atoms with Gasteiger partial charge in [0, 0.05) is 0 Å². The van der Waals surface area contributed by atoms with Gasteiger partial charge in [-0.3, -0.25) is 0 Å². The van der Waals surface area contributed by atoms with Gasteiger partial charge in [-0.25, -0.2) is 0 Å². The lowest BCUT2D eigenvalue weighted by atomic mass is 9.88. The van der Waals surface area contributed by atoms with Gasteiger partial charge in [-0.15, -0.1) is 6.58 Å². The van der Waals surface area contributed by atoms with Crippen molar-refractivity contribution in [2.75, 3.05) is 0 Å². The van der Waals surface area contributed by atoms with Gasteiger partial charge in [-0.2, -0.15) is 0 Å². The summed E-state index contributed by atoms with van der Waals surface area (Å²) in [5, 5.41) is 0. The molecule has 0 saturated carbocycles. The van der Waals surface area contributed by atoms with Gasteiger partial charge in [0.25, 0.3) is 0 Å². The Bertz CT molecular complexity index is 487. The van der Waals surface area contributed by atoms with Crippen LogP contribution in [0.15, 0.2) is 61.2 Å². The number of hydrogen-bond acceptors (Lipinski definition) is 0. The lowest BCUT2D eigenvalue weighted by molar-refractivity contribution is 0.939. The molecule has 0 atom stereocenters. The largest absolute Gasteiger partial charge is 0.103 e. The quantitative estimate of drug-likeness (QED) is 0.487. The standard InChI is InChI=1S/C15H16.C3H6/c1-4-12(3)13-7-8-14-9-11(2)5-6-15(14)10-13;1-3-2/h4-6,9-10H,1,3,7-8H2,2H3;3H,1H2,2H3. The van der Waals surface area contributed by atoms with Crippen molar-refractivity contribution in [3.8, 4) is 0 Å². The summed E-state index contributed by atoms with van der Waals surface area (Å²) >= 11 is 0. The van der Waals surface area contributed by atoms with E-state index < -0.39 is 0 Å². The number of hydrogen-bond donors (Lipinski definition) is 0. The molecule has 1 aromatic rings. The van der Waals surface area contributed by atoms with Gasteiger partial charge in [-0.05, 0) is 49.0 Å². The molecule has 0 nitrogen and oxygen atoms in total. The highest BCUT2D eigenvalue weighted by molar-refractivity contribution is 5.65. The van der Waals surface area contributed by atoms with E-state index in [1.807, 2.05) is 13.0 Å². The van der Waals surface area contributed by atoms with Crippen LogP contribution in [0.2, 0.25) is 0 Å². The van der Waals surface area contributed by atoms with Crippen molar-refractivity contribution in [2.24, 2.45) is 0 Å². The molecule has 0 spiro atoms. The molecule has 18 heavy (non-hydrogen) atoms. The SMILES string of the molecule is C=CC.C=CC(=C)C1=Cc2ccc(C)cc2CC1. The summed E-state index contributed by atoms with van der Waals surface area (Å²) in [6.45, 7) is 15.2. The Balaban J connectivity index is 0.000000492. The predicted octanol–water partition coefficient (Wildman–Crippen LogP) is 5.26. The van der Waals surface area contributed by atoms with Crippen LogP contribution in [0.3, 0.4) is 0 Å². The molecule has 0 heteroatoms. The van der Waals surface area contributed by atoms with Gasteiger partial charge in [0.1, 0.15) is 0 Å². The third kappa shape index (κ3) is 3.59. The normalized spacial score (nSPS) is 12.4. The summed E-state index contributed by atoms with van der Waals surface area (Å²) < 4.78 is 0. The summed E-state index contributed by atoms with van der Waals surface area (Å²) in [7, 11) is 0. The number of allylic oxidation sites excluding steroid dienone is 4. The molecule has 0 bridgehead atoms. The van der Waals surface area contributed by atoms with Crippen molar-refractivity contribution >= 4 is 6.08 Å². The van der Waals surface area contributed by atoms with Crippen molar-refractivity contribution in [3.63, 3.8) is 0 Å². The Morgan fingerprint density at radius 1 is 1.22 bits per heavy atom. The van der Waals surface area contributed by atoms with E-state index in [9.17, 15) is 0 Å². The van der Waals surface area contributed by atoms with E-state index in [2.05, 4.69) is 50.9 Å². The fraction of sp³-hybridized carbons (Fsp3) is 0.222. The van der Waals surface area contributed by atoms with Crippen molar-refractivity contribution in [3.05, 3.63) is 77.9 Å². The summed E-state index contributed by atoms with van der Waals surface area (Å²) in [6, 6.07) is 6.63. The molecule has 1 aliphatic rings. The van der Waals surface area contributed by atoms with Crippen LogP contribution in [-0.4, -0.2) is 0 Å². The highest BCUT2D eigenvalue weighted by Crippen LogP contribution is 2.28. The maximum Gasteiger partial charge on any atom is -0.0221 e. The van der Waals surface area contributed by atoms with Crippen LogP contribution in [0.4, 0.5) is 0 Å². The maximum atomic E-state index is 4.00. The van der Waals surface area contributed by atoms with E-state index >= 15 is 0 Å². The second-order valence-corrected chi connectivity index (χ2v) is 4.51. The maximum absolute atomic E-state index is 4.00. The molecule has 0 aromatic heterocycles. The van der Waals surface area contributed by atoms with Gasteiger partial charge < -0.3 is 0 Å². The van der Waals surface area contributed by atoms with Crippen LogP contribution in [0.25, 0.3) is 6.08 Å². The van der Waals surface area contributed by atoms with Crippen LogP contribution in [0.1, 0.15) is 30.0 Å². The Morgan fingerprint density at radius 2 is 1.89 bits per heavy atom. The van der Waals surface area contributed by atoms with E-state index in [1.165, 1.54) is 22.3 Å². The first-order valence-corrected chi connectivity index (χ1v) is 6.31. The molecule has 0 N–H and O–H groups in total. The third-order valence-electron chi connectivity index (χ3n) is 2.95. The van der Waals surface area contributed by atoms with E-state index in [0.29, 0.717) is 0 Å². The Labute approximate surface area is 111 Å². The molecule has 0 unspecified atom stereocenters. The highest BCUT2D eigenvalue weighted by atomic mass is 14.2. The van der Waals surface area contributed by atoms with Crippen LogP contribution in [0, 0.1) is 6.92 Å². The number of aryl methyl sites for hydroxylation is 2. The zero-order valence-electron chi connectivity index (χ0n) is 11.5. The number of rotatable bonds is 2. The minimum Gasteiger partial charge on any atom is -0.103 e. The fourth-order valence-electron chi connectivity index (χ4n) is 2.01. The van der Waals surface area contributed by atoms with E-state index in [4.69, 9.17) is 0 Å². The second-order valence-electron chi connectivity index (χ2n) is 4.51. The molecule has 0 heterocycles. The Kier molecular flexibility index (Phi) is 5.38. The topological polar surface area (TPSA) is 0 Å². The smallest absolute Gasteiger partial charge is 0.0221 e. The summed E-state index contributed by atoms with van der Waals surface area (Å²) in [5.74, 6) is 0. The summed E-state index contributed by atoms with van der Waals surface area (Å²) in [4.78, 5) is 0. The average molecular weight is 238 g/mol. The lowest BCUT2D eigenvalue weighted by Gasteiger charge is -2.17. The van der Waals surface area contributed by atoms with Gasteiger partial charge in [-0.1, -0.05) is 55.1 Å². The molecule has 0 radical (unpaired) electrons. The first-order chi connectivity index (χ1) is 8.62. The number of fused-ring (bicyclic) bond motifs is 1. The summed E-state index contributed by atoms with van der Waals surface area (Å²) in [5.41, 5.74) is 6.51. The van der Waals surface area contributed by atoms with E-state index in [0.717, 1.165) is 18.4 Å². The molecular formula is C18H22. The van der Waals surface area contributed by atoms with Gasteiger partial charge in [0.2, 0.25) is 0 Å². The fourth-order valence-corrected chi connectivity index (χ4v) is 2.01. The van der Waals surface area contributed by atoms with Crippen LogP contribution in [0.5, 0.6) is 0 Å². The van der Waals surface area contributed by atoms with Gasteiger partial charge in [0.05, 0.1) is 0 Å². The molecule has 0 fully saturated rings. The van der Waals surface area contributed by atoms with E-state index in [1.54, 1.807) is 6.08 Å². The third-order valence-corrected chi connectivity index (χ3v) is 2.95. The summed E-state index contributed by atoms with van der Waals surface area (Å²) in [6.07, 6.45) is 8.03. The second kappa shape index (κ2) is 6.80. The lowest BCUT2D eigenvalue weighted by Crippen LogP contribution is -2.00. The Hall–Kier alpha value is -1.82. The molecule has 0 aliphatic heterocycles. The highest BCUT2D eigenvalue weighted by Gasteiger charge is 2.10. The van der Waals surface area contributed by atoms with Crippen molar-refractivity contribution in [1.29, 1.82) is 0 Å². The molecular weight excluding hydrogens is 216 g/mol. The zero-order chi connectivity index (χ0) is 13.5. The molecule has 94 valence electrons. The molecule has 2 rings (SSSR count). The van der Waals surface area contributed by atoms with Crippen LogP contribution in [-0.2, 0) is 6.42 Å². The average Bonchev–Trinajstić information content (AvgIpc) is 2.38. The van der Waals surface area contributed by atoms with Crippen LogP contribution >= 0.6 is 0 Å². The Morgan fingerprint density at radius 3 is 2.50 bits per heavy atom. The molecule has 0 amide bonds. The van der Waals surface area contributed by atoms with Crippen molar-refractivity contribution in [1.82, 2.24) is 0 Å². The van der Waals surface area contributed by atoms with E-state index in [-0.39, 0.29) is 0 Å². The molecule has 1 aromatic carbocycles. The molecule has 1 aliphatic carbocycles. The first kappa shape index (κ1) is 14.2. The zero-order valence-corrected chi connectivity index (χ0v) is 11.5. The van der Waals surface area contributed by atoms with Gasteiger partial charge >= 0.3 is 0 Å². The van der Waals surface area contributed by atoms with Crippen molar-refractivity contribution in [2.45, 2.75) is 26.7 Å². The predicted molar refractivity (Wildman–Crippen MR) is 82.7 cm³/mol. The first-order valence-electron chi connectivity index (χ1n) is 6.31.